The summed E-state index contributed by atoms with van der Waals surface area (Å²) in [5.41, 5.74) is 0.637. The number of nitrogens with zero attached hydrogens (tertiary/aromatic N) is 1. The molecule has 1 fully saturated rings. The van der Waals surface area contributed by atoms with E-state index in [0.717, 1.165) is 0 Å². The van der Waals surface area contributed by atoms with Crippen molar-refractivity contribution in [2.75, 3.05) is 31.6 Å². The molecule has 2 aromatic carbocycles. The molecule has 0 unspecified atom stereocenters. The van der Waals surface area contributed by atoms with Gasteiger partial charge in [0.15, 0.2) is 6.10 Å². The summed E-state index contributed by atoms with van der Waals surface area (Å²) in [5.74, 6) is -1.17. The molecule has 9 heteroatoms. The molecule has 2 aromatic rings. The van der Waals surface area contributed by atoms with Gasteiger partial charge < -0.3 is 14.8 Å². The van der Waals surface area contributed by atoms with Gasteiger partial charge in [-0.2, -0.15) is 4.31 Å². The minimum Gasteiger partial charge on any atom is -0.449 e. The van der Waals surface area contributed by atoms with Crippen LogP contribution in [0.25, 0.3) is 0 Å². The Morgan fingerprint density at radius 2 is 1.76 bits per heavy atom. The number of nitrogens with one attached hydrogen (secondary N) is 1. The Bertz CT molecular complexity index is 971. The summed E-state index contributed by atoms with van der Waals surface area (Å²) in [6, 6.07) is 14.3. The lowest BCUT2D eigenvalue weighted by Crippen LogP contribution is -2.40. The highest BCUT2D eigenvalue weighted by atomic mass is 32.2. The first-order valence-electron chi connectivity index (χ1n) is 9.13. The lowest BCUT2D eigenvalue weighted by molar-refractivity contribution is -0.123. The molecule has 8 nitrogen and oxygen atoms in total. The number of hydrogen-bond acceptors (Lipinski definition) is 6. The molecule has 0 saturated carbocycles. The number of benzene rings is 2. The third kappa shape index (κ3) is 5.20. The van der Waals surface area contributed by atoms with Gasteiger partial charge in [0, 0.05) is 18.8 Å². The number of ether oxygens (including phenoxy) is 2. The van der Waals surface area contributed by atoms with Crippen LogP contribution in [0.1, 0.15) is 17.3 Å². The largest absolute Gasteiger partial charge is 0.449 e. The summed E-state index contributed by atoms with van der Waals surface area (Å²) in [4.78, 5) is 24.5. The first-order valence-corrected chi connectivity index (χ1v) is 10.6. The molecule has 1 saturated heterocycles. The number of esters is 1. The highest BCUT2D eigenvalue weighted by Gasteiger charge is 2.27. The van der Waals surface area contributed by atoms with Crippen LogP contribution in [0, 0.1) is 0 Å². The van der Waals surface area contributed by atoms with Gasteiger partial charge in [0.25, 0.3) is 5.91 Å². The van der Waals surface area contributed by atoms with E-state index in [-0.39, 0.29) is 18.0 Å². The third-order valence-electron chi connectivity index (χ3n) is 4.37. The van der Waals surface area contributed by atoms with Crippen LogP contribution in [0.15, 0.2) is 59.5 Å². The normalized spacial score (nSPS) is 16.0. The Morgan fingerprint density at radius 1 is 1.07 bits per heavy atom. The number of amides is 1. The summed E-state index contributed by atoms with van der Waals surface area (Å²) >= 11 is 0. The maximum absolute atomic E-state index is 12.7. The van der Waals surface area contributed by atoms with Crippen molar-refractivity contribution in [3.8, 4) is 0 Å². The van der Waals surface area contributed by atoms with Crippen molar-refractivity contribution >= 4 is 27.6 Å². The van der Waals surface area contributed by atoms with E-state index < -0.39 is 28.0 Å². The van der Waals surface area contributed by atoms with E-state index in [1.165, 1.54) is 23.4 Å². The Kier molecular flexibility index (Phi) is 6.63. The van der Waals surface area contributed by atoms with Gasteiger partial charge in [0.05, 0.1) is 23.7 Å². The van der Waals surface area contributed by atoms with Gasteiger partial charge in [-0.1, -0.05) is 24.3 Å². The fraction of sp³-hybridized carbons (Fsp3) is 0.300. The van der Waals surface area contributed by atoms with E-state index in [4.69, 9.17) is 9.47 Å². The van der Waals surface area contributed by atoms with Crippen LogP contribution in [-0.4, -0.2) is 57.0 Å². The molecule has 0 bridgehead atoms. The van der Waals surface area contributed by atoms with Gasteiger partial charge in [-0.3, -0.25) is 4.79 Å². The maximum Gasteiger partial charge on any atom is 0.338 e. The second-order valence-electron chi connectivity index (χ2n) is 6.45. The zero-order chi connectivity index (χ0) is 20.9. The Balaban J connectivity index is 1.66. The average molecular weight is 418 g/mol. The average Bonchev–Trinajstić information content (AvgIpc) is 2.75. The number of hydrogen-bond donors (Lipinski definition) is 1. The molecule has 3 rings (SSSR count). The quantitative estimate of drug-likeness (QED) is 0.719. The topological polar surface area (TPSA) is 102 Å². The molecule has 0 radical (unpaired) electrons. The fourth-order valence-corrected chi connectivity index (χ4v) is 4.22. The number of morpholine rings is 1. The van der Waals surface area contributed by atoms with Crippen LogP contribution >= 0.6 is 0 Å². The number of carbonyl (C=O) groups excluding carboxylic acids is 2. The first-order chi connectivity index (χ1) is 13.9. The van der Waals surface area contributed by atoms with Gasteiger partial charge in [-0.05, 0) is 37.3 Å². The predicted octanol–water partition coefficient (Wildman–Crippen LogP) is 1.89. The van der Waals surface area contributed by atoms with Crippen molar-refractivity contribution in [3.05, 3.63) is 60.2 Å². The van der Waals surface area contributed by atoms with Gasteiger partial charge in [0.1, 0.15) is 0 Å². The Hall–Kier alpha value is -2.75. The summed E-state index contributed by atoms with van der Waals surface area (Å²) in [5, 5.41) is 2.59. The molecular formula is C20H22N2O6S. The highest BCUT2D eigenvalue weighted by Crippen LogP contribution is 2.21. The van der Waals surface area contributed by atoms with Gasteiger partial charge in [-0.25, -0.2) is 13.2 Å². The Morgan fingerprint density at radius 3 is 2.45 bits per heavy atom. The van der Waals surface area contributed by atoms with Crippen molar-refractivity contribution < 1.29 is 27.5 Å². The van der Waals surface area contributed by atoms with Crippen LogP contribution < -0.4 is 5.32 Å². The lowest BCUT2D eigenvalue weighted by Gasteiger charge is -2.26. The first kappa shape index (κ1) is 21.0. The predicted molar refractivity (Wildman–Crippen MR) is 106 cm³/mol. The second-order valence-corrected chi connectivity index (χ2v) is 8.39. The maximum atomic E-state index is 12.7. The molecule has 1 aliphatic rings. The van der Waals surface area contributed by atoms with Crippen LogP contribution in [0.3, 0.4) is 0 Å². The second kappa shape index (κ2) is 9.17. The van der Waals surface area contributed by atoms with E-state index >= 15 is 0 Å². The molecule has 0 spiro atoms. The van der Waals surface area contributed by atoms with Crippen LogP contribution in [-0.2, 0) is 24.3 Å². The van der Waals surface area contributed by atoms with Gasteiger partial charge >= 0.3 is 5.97 Å². The van der Waals surface area contributed by atoms with Crippen molar-refractivity contribution in [2.45, 2.75) is 17.9 Å². The molecule has 29 heavy (non-hydrogen) atoms. The lowest BCUT2D eigenvalue weighted by atomic mass is 10.2. The molecule has 1 amide bonds. The standard InChI is InChI=1S/C20H22N2O6S/c1-15(28-20(24)16-6-3-2-4-7-16)19(23)21-17-8-5-9-18(14-17)29(25,26)22-10-12-27-13-11-22/h2-9,14-15H,10-13H2,1H3,(H,21,23)/t15-/m1/s1. The molecule has 1 N–H and O–H groups in total. The molecule has 1 heterocycles. The smallest absolute Gasteiger partial charge is 0.338 e. The molecule has 1 atom stereocenters. The van der Waals surface area contributed by atoms with E-state index in [1.807, 2.05) is 0 Å². The summed E-state index contributed by atoms with van der Waals surface area (Å²) in [7, 11) is -3.68. The number of rotatable bonds is 6. The van der Waals surface area contributed by atoms with Crippen molar-refractivity contribution in [2.24, 2.45) is 0 Å². The highest BCUT2D eigenvalue weighted by molar-refractivity contribution is 7.89. The third-order valence-corrected chi connectivity index (χ3v) is 6.27. The molecule has 1 aliphatic heterocycles. The molecule has 154 valence electrons. The van der Waals surface area contributed by atoms with E-state index in [2.05, 4.69) is 5.32 Å². The zero-order valence-electron chi connectivity index (χ0n) is 15.9. The van der Waals surface area contributed by atoms with E-state index in [1.54, 1.807) is 42.5 Å². The van der Waals surface area contributed by atoms with Gasteiger partial charge in [0.2, 0.25) is 10.0 Å². The van der Waals surface area contributed by atoms with Gasteiger partial charge in [-0.15, -0.1) is 0 Å². The molecule has 0 aromatic heterocycles. The SMILES string of the molecule is C[C@@H](OC(=O)c1ccccc1)C(=O)Nc1cccc(S(=O)(=O)N2CCOCC2)c1. The minimum atomic E-state index is -3.68. The fourth-order valence-electron chi connectivity index (χ4n) is 2.77. The van der Waals surface area contributed by atoms with E-state index in [9.17, 15) is 18.0 Å². The van der Waals surface area contributed by atoms with E-state index in [0.29, 0.717) is 24.5 Å². The number of anilines is 1. The van der Waals surface area contributed by atoms with Crippen molar-refractivity contribution in [1.29, 1.82) is 0 Å². The van der Waals surface area contributed by atoms with Crippen molar-refractivity contribution in [3.63, 3.8) is 0 Å². The molecule has 0 aliphatic carbocycles. The zero-order valence-corrected chi connectivity index (χ0v) is 16.7. The summed E-state index contributed by atoms with van der Waals surface area (Å²) in [6.07, 6.45) is -1.05. The summed E-state index contributed by atoms with van der Waals surface area (Å²) in [6.45, 7) is 2.71. The monoisotopic (exact) mass is 418 g/mol. The van der Waals surface area contributed by atoms with Crippen LogP contribution in [0.4, 0.5) is 5.69 Å². The van der Waals surface area contributed by atoms with Crippen LogP contribution in [0.5, 0.6) is 0 Å². The Labute approximate surface area is 169 Å². The van der Waals surface area contributed by atoms with Crippen LogP contribution in [0.2, 0.25) is 0 Å². The minimum absolute atomic E-state index is 0.0751. The summed E-state index contributed by atoms with van der Waals surface area (Å²) < 4.78 is 37.2. The number of sulfonamides is 1. The molecular weight excluding hydrogens is 396 g/mol. The van der Waals surface area contributed by atoms with Crippen molar-refractivity contribution in [1.82, 2.24) is 4.31 Å². The number of carbonyl (C=O) groups is 2.